The van der Waals surface area contributed by atoms with E-state index < -0.39 is 0 Å². The second-order valence-electron chi connectivity index (χ2n) is 5.83. The van der Waals surface area contributed by atoms with Gasteiger partial charge in [0, 0.05) is 18.2 Å². The van der Waals surface area contributed by atoms with Gasteiger partial charge in [-0.25, -0.2) is 0 Å². The average Bonchev–Trinajstić information content (AvgIpc) is 2.91. The lowest BCUT2D eigenvalue weighted by Gasteiger charge is -2.03. The van der Waals surface area contributed by atoms with Crippen LogP contribution >= 0.6 is 11.3 Å². The number of hydrogen-bond donors (Lipinski definition) is 1. The molecular weight excluding hydrogens is 346 g/mol. The van der Waals surface area contributed by atoms with Crippen LogP contribution in [0.4, 0.5) is 5.69 Å². The Bertz CT molecular complexity index is 1120. The molecule has 0 spiro atoms. The number of thiazole rings is 1. The van der Waals surface area contributed by atoms with E-state index in [-0.39, 0.29) is 11.8 Å². The normalized spacial score (nSPS) is 11.3. The molecule has 3 rings (SSSR count). The summed E-state index contributed by atoms with van der Waals surface area (Å²) in [5, 5.41) is 2.75. The van der Waals surface area contributed by atoms with Crippen LogP contribution in [-0.2, 0) is 11.3 Å². The molecule has 0 atom stereocenters. The van der Waals surface area contributed by atoms with Crippen LogP contribution in [0.2, 0.25) is 0 Å². The van der Waals surface area contributed by atoms with Gasteiger partial charge in [0.25, 0.3) is 5.91 Å². The Labute approximate surface area is 155 Å². The van der Waals surface area contributed by atoms with Crippen molar-refractivity contribution >= 4 is 39.1 Å². The predicted octanol–water partition coefficient (Wildman–Crippen LogP) is 3.34. The summed E-state index contributed by atoms with van der Waals surface area (Å²) in [6.07, 6.45) is 5.49. The largest absolute Gasteiger partial charge is 0.326 e. The first-order chi connectivity index (χ1) is 12.5. The van der Waals surface area contributed by atoms with Crippen LogP contribution in [-0.4, -0.2) is 16.4 Å². The van der Waals surface area contributed by atoms with E-state index >= 15 is 0 Å². The molecule has 1 aromatic heterocycles. The predicted molar refractivity (Wildman–Crippen MR) is 104 cm³/mol. The number of carbonyl (C=O) groups is 2. The van der Waals surface area contributed by atoms with Crippen molar-refractivity contribution in [2.75, 3.05) is 5.32 Å². The highest BCUT2D eigenvalue weighted by molar-refractivity contribution is 7.16. The van der Waals surface area contributed by atoms with Gasteiger partial charge in [-0.05, 0) is 37.3 Å². The van der Waals surface area contributed by atoms with Gasteiger partial charge < -0.3 is 9.88 Å². The zero-order valence-electron chi connectivity index (χ0n) is 14.4. The summed E-state index contributed by atoms with van der Waals surface area (Å²) >= 11 is 1.36. The molecule has 3 aromatic rings. The number of aryl methyl sites for hydroxylation is 1. The summed E-state index contributed by atoms with van der Waals surface area (Å²) in [7, 11) is 0. The molecule has 1 heterocycles. The zero-order valence-corrected chi connectivity index (χ0v) is 15.3. The van der Waals surface area contributed by atoms with E-state index in [4.69, 9.17) is 6.42 Å². The lowest BCUT2D eigenvalue weighted by atomic mass is 10.1. The van der Waals surface area contributed by atoms with Crippen molar-refractivity contribution in [3.05, 3.63) is 58.4 Å². The number of anilines is 1. The second kappa shape index (κ2) is 7.38. The minimum absolute atomic E-state index is 0.142. The highest BCUT2D eigenvalue weighted by atomic mass is 32.1. The van der Waals surface area contributed by atoms with Gasteiger partial charge in [0.15, 0.2) is 4.80 Å². The topological polar surface area (TPSA) is 63.5 Å². The number of fused-ring (bicyclic) bond motifs is 1. The molecule has 0 aliphatic heterocycles. The molecule has 0 radical (unpaired) electrons. The van der Waals surface area contributed by atoms with Crippen molar-refractivity contribution in [1.82, 2.24) is 4.57 Å². The molecule has 0 fully saturated rings. The molecule has 1 N–H and O–H groups in total. The van der Waals surface area contributed by atoms with Crippen molar-refractivity contribution in [3.8, 4) is 12.3 Å². The maximum absolute atomic E-state index is 12.5. The number of carbonyl (C=O) groups excluding carboxylic acids is 2. The average molecular weight is 363 g/mol. The van der Waals surface area contributed by atoms with Crippen LogP contribution in [0.3, 0.4) is 0 Å². The van der Waals surface area contributed by atoms with Crippen molar-refractivity contribution in [1.29, 1.82) is 0 Å². The lowest BCUT2D eigenvalue weighted by Crippen LogP contribution is -2.16. The lowest BCUT2D eigenvalue weighted by molar-refractivity contribution is -0.114. The number of nitrogens with one attached hydrogen (secondary N) is 1. The van der Waals surface area contributed by atoms with Crippen LogP contribution in [0, 0.1) is 19.3 Å². The summed E-state index contributed by atoms with van der Waals surface area (Å²) in [6, 6.07) is 12.8. The van der Waals surface area contributed by atoms with Crippen LogP contribution < -0.4 is 10.1 Å². The van der Waals surface area contributed by atoms with Gasteiger partial charge in [-0.2, -0.15) is 4.99 Å². The molecule has 26 heavy (non-hydrogen) atoms. The fourth-order valence-corrected chi connectivity index (χ4v) is 3.68. The van der Waals surface area contributed by atoms with Crippen LogP contribution in [0.1, 0.15) is 22.8 Å². The first-order valence-corrected chi connectivity index (χ1v) is 8.80. The standard InChI is InChI=1S/C20H17N3O2S/c1-4-10-23-17-9-8-16(21-14(3)24)12-18(17)26-20(23)22-19(25)15-7-5-6-13(2)11-15/h1,5-9,11-12H,10H2,2-3H3,(H,21,24). The van der Waals surface area contributed by atoms with Gasteiger partial charge in [0.1, 0.15) is 0 Å². The third-order valence-electron chi connectivity index (χ3n) is 3.71. The number of aromatic nitrogens is 1. The number of nitrogens with zero attached hydrogens (tertiary/aromatic N) is 2. The molecule has 0 aliphatic carbocycles. The maximum atomic E-state index is 12.5. The Morgan fingerprint density at radius 2 is 2.08 bits per heavy atom. The minimum atomic E-state index is -0.312. The molecule has 6 heteroatoms. The Morgan fingerprint density at radius 3 is 2.77 bits per heavy atom. The second-order valence-corrected chi connectivity index (χ2v) is 6.83. The number of amides is 2. The van der Waals surface area contributed by atoms with E-state index in [0.29, 0.717) is 22.6 Å². The van der Waals surface area contributed by atoms with Crippen LogP contribution in [0.25, 0.3) is 10.2 Å². The zero-order chi connectivity index (χ0) is 18.7. The van der Waals surface area contributed by atoms with Gasteiger partial charge in [0.2, 0.25) is 5.91 Å². The Hall–Kier alpha value is -3.17. The molecular formula is C20H17N3O2S. The van der Waals surface area contributed by atoms with Crippen molar-refractivity contribution in [2.45, 2.75) is 20.4 Å². The highest BCUT2D eigenvalue weighted by Gasteiger charge is 2.10. The molecule has 2 aromatic carbocycles. The first-order valence-electron chi connectivity index (χ1n) is 7.98. The van der Waals surface area contributed by atoms with Crippen molar-refractivity contribution in [3.63, 3.8) is 0 Å². The molecule has 0 saturated heterocycles. The number of hydrogen-bond acceptors (Lipinski definition) is 3. The van der Waals surface area contributed by atoms with E-state index in [2.05, 4.69) is 16.2 Å². The van der Waals surface area contributed by atoms with Crippen LogP contribution in [0.15, 0.2) is 47.5 Å². The monoisotopic (exact) mass is 363 g/mol. The Kier molecular flexibility index (Phi) is 5.01. The highest BCUT2D eigenvalue weighted by Crippen LogP contribution is 2.22. The summed E-state index contributed by atoms with van der Waals surface area (Å²) in [6.45, 7) is 3.69. The maximum Gasteiger partial charge on any atom is 0.279 e. The van der Waals surface area contributed by atoms with Gasteiger partial charge in [-0.1, -0.05) is 35.0 Å². The molecule has 5 nitrogen and oxygen atoms in total. The summed E-state index contributed by atoms with van der Waals surface area (Å²) in [5.74, 6) is 2.15. The molecule has 0 unspecified atom stereocenters. The van der Waals surface area contributed by atoms with E-state index in [1.807, 2.05) is 35.8 Å². The van der Waals surface area contributed by atoms with Crippen molar-refractivity contribution < 1.29 is 9.59 Å². The van der Waals surface area contributed by atoms with Gasteiger partial charge in [-0.3, -0.25) is 9.59 Å². The number of benzene rings is 2. The SMILES string of the molecule is C#CCn1c(=NC(=O)c2cccc(C)c2)sc2cc(NC(C)=O)ccc21. The summed E-state index contributed by atoms with van der Waals surface area (Å²) in [5.41, 5.74) is 3.10. The first kappa shape index (κ1) is 17.6. The number of terminal acetylenes is 1. The van der Waals surface area contributed by atoms with Crippen LogP contribution in [0.5, 0.6) is 0 Å². The molecule has 0 saturated carbocycles. The van der Waals surface area contributed by atoms with E-state index in [1.165, 1.54) is 18.3 Å². The molecule has 130 valence electrons. The van der Waals surface area contributed by atoms with Gasteiger partial charge >= 0.3 is 0 Å². The fourth-order valence-electron chi connectivity index (χ4n) is 2.61. The van der Waals surface area contributed by atoms with E-state index in [1.54, 1.807) is 18.2 Å². The molecule has 0 aliphatic rings. The fraction of sp³-hybridized carbons (Fsp3) is 0.150. The van der Waals surface area contributed by atoms with E-state index in [9.17, 15) is 9.59 Å². The summed E-state index contributed by atoms with van der Waals surface area (Å²) < 4.78 is 2.72. The Morgan fingerprint density at radius 1 is 1.27 bits per heavy atom. The number of rotatable bonds is 3. The third-order valence-corrected chi connectivity index (χ3v) is 4.76. The molecule has 2 amide bonds. The Balaban J connectivity index is 2.11. The van der Waals surface area contributed by atoms with Gasteiger partial charge in [-0.15, -0.1) is 6.42 Å². The third kappa shape index (κ3) is 3.73. The quantitative estimate of drug-likeness (QED) is 0.726. The van der Waals surface area contributed by atoms with Gasteiger partial charge in [0.05, 0.1) is 16.8 Å². The smallest absolute Gasteiger partial charge is 0.279 e. The van der Waals surface area contributed by atoms with Crippen molar-refractivity contribution in [2.24, 2.45) is 4.99 Å². The molecule has 0 bridgehead atoms. The summed E-state index contributed by atoms with van der Waals surface area (Å²) in [4.78, 5) is 28.6. The van der Waals surface area contributed by atoms with E-state index in [0.717, 1.165) is 15.8 Å². The minimum Gasteiger partial charge on any atom is -0.326 e.